The summed E-state index contributed by atoms with van der Waals surface area (Å²) in [6, 6.07) is 0. The Hall–Kier alpha value is -1.10. The van der Waals surface area contributed by atoms with E-state index in [4.69, 9.17) is 5.11 Å². The summed E-state index contributed by atoms with van der Waals surface area (Å²) in [6.45, 7) is 8.88. The zero-order valence-electron chi connectivity index (χ0n) is 11.8. The molecule has 1 heterocycles. The van der Waals surface area contributed by atoms with E-state index in [0.717, 1.165) is 32.7 Å². The molecule has 5 heteroatoms. The van der Waals surface area contributed by atoms with Crippen LogP contribution < -0.4 is 0 Å². The average Bonchev–Trinajstić information content (AvgIpc) is 3.16. The maximum atomic E-state index is 12.1. The summed E-state index contributed by atoms with van der Waals surface area (Å²) < 4.78 is 0. The van der Waals surface area contributed by atoms with Crippen molar-refractivity contribution >= 4 is 11.9 Å². The van der Waals surface area contributed by atoms with E-state index in [2.05, 4.69) is 18.7 Å². The fourth-order valence-corrected chi connectivity index (χ4v) is 2.61. The Kier molecular flexibility index (Phi) is 4.45. The standard InChI is InChI=1S/C14H24N2O3/c1-10(2)3-4-15-5-7-16(8-6-15)13(17)11-9-12(11)14(18)19/h10-12H,3-9H2,1-2H3,(H,18,19). The molecule has 0 aromatic rings. The van der Waals surface area contributed by atoms with Crippen LogP contribution in [0.4, 0.5) is 0 Å². The molecule has 2 aliphatic rings. The summed E-state index contributed by atoms with van der Waals surface area (Å²) in [5.41, 5.74) is 0. The molecule has 2 rings (SSSR count). The lowest BCUT2D eigenvalue weighted by Gasteiger charge is -2.35. The van der Waals surface area contributed by atoms with Crippen LogP contribution in [0, 0.1) is 17.8 Å². The van der Waals surface area contributed by atoms with Gasteiger partial charge in [-0.15, -0.1) is 0 Å². The number of carboxylic acids is 1. The number of hydrogen-bond donors (Lipinski definition) is 1. The molecule has 1 saturated heterocycles. The fraction of sp³-hybridized carbons (Fsp3) is 0.857. The minimum Gasteiger partial charge on any atom is -0.481 e. The van der Waals surface area contributed by atoms with Crippen molar-refractivity contribution in [3.63, 3.8) is 0 Å². The van der Waals surface area contributed by atoms with Crippen LogP contribution in [-0.2, 0) is 9.59 Å². The molecule has 0 bridgehead atoms. The monoisotopic (exact) mass is 268 g/mol. The van der Waals surface area contributed by atoms with Crippen molar-refractivity contribution in [3.05, 3.63) is 0 Å². The van der Waals surface area contributed by atoms with Crippen LogP contribution in [0.5, 0.6) is 0 Å². The Morgan fingerprint density at radius 2 is 1.79 bits per heavy atom. The van der Waals surface area contributed by atoms with Gasteiger partial charge < -0.3 is 10.0 Å². The summed E-state index contributed by atoms with van der Waals surface area (Å²) in [7, 11) is 0. The molecule has 1 amide bonds. The Balaban J connectivity index is 1.71. The summed E-state index contributed by atoms with van der Waals surface area (Å²) in [6.07, 6.45) is 1.72. The molecule has 2 atom stereocenters. The third kappa shape index (κ3) is 3.69. The summed E-state index contributed by atoms with van der Waals surface area (Å²) in [5.74, 6) is -0.738. The zero-order valence-corrected chi connectivity index (χ0v) is 11.8. The van der Waals surface area contributed by atoms with Gasteiger partial charge in [0, 0.05) is 26.2 Å². The molecule has 5 nitrogen and oxygen atoms in total. The fourth-order valence-electron chi connectivity index (χ4n) is 2.61. The van der Waals surface area contributed by atoms with Gasteiger partial charge in [-0.2, -0.15) is 0 Å². The van der Waals surface area contributed by atoms with Crippen molar-refractivity contribution in [2.24, 2.45) is 17.8 Å². The molecular formula is C14H24N2O3. The Labute approximate surface area is 114 Å². The van der Waals surface area contributed by atoms with Gasteiger partial charge in [0.15, 0.2) is 0 Å². The van der Waals surface area contributed by atoms with Gasteiger partial charge in [0.05, 0.1) is 11.8 Å². The molecule has 1 N–H and O–H groups in total. The largest absolute Gasteiger partial charge is 0.481 e. The van der Waals surface area contributed by atoms with Gasteiger partial charge in [-0.1, -0.05) is 13.8 Å². The smallest absolute Gasteiger partial charge is 0.307 e. The summed E-state index contributed by atoms with van der Waals surface area (Å²) in [5, 5.41) is 8.86. The zero-order chi connectivity index (χ0) is 14.0. The molecule has 108 valence electrons. The van der Waals surface area contributed by atoms with Crippen molar-refractivity contribution in [2.75, 3.05) is 32.7 Å². The number of carbonyl (C=O) groups excluding carboxylic acids is 1. The minimum atomic E-state index is -0.825. The van der Waals surface area contributed by atoms with Crippen LogP contribution in [-0.4, -0.2) is 59.5 Å². The van der Waals surface area contributed by atoms with Gasteiger partial charge in [0.25, 0.3) is 0 Å². The van der Waals surface area contributed by atoms with Gasteiger partial charge in [-0.05, 0) is 25.3 Å². The highest BCUT2D eigenvalue weighted by atomic mass is 16.4. The van der Waals surface area contributed by atoms with Crippen LogP contribution in [0.25, 0.3) is 0 Å². The number of carbonyl (C=O) groups is 2. The van der Waals surface area contributed by atoms with Crippen molar-refractivity contribution in [1.82, 2.24) is 9.80 Å². The Bertz CT molecular complexity index is 349. The molecular weight excluding hydrogens is 244 g/mol. The maximum absolute atomic E-state index is 12.1. The van der Waals surface area contributed by atoms with Crippen molar-refractivity contribution < 1.29 is 14.7 Å². The normalized spacial score (nSPS) is 27.6. The Morgan fingerprint density at radius 3 is 2.26 bits per heavy atom. The third-order valence-electron chi connectivity index (χ3n) is 4.13. The molecule has 2 fully saturated rings. The van der Waals surface area contributed by atoms with Gasteiger partial charge in [0.1, 0.15) is 0 Å². The highest BCUT2D eigenvalue weighted by molar-refractivity contribution is 5.89. The number of amides is 1. The van der Waals surface area contributed by atoms with E-state index in [9.17, 15) is 9.59 Å². The first kappa shape index (κ1) is 14.3. The molecule has 1 saturated carbocycles. The molecule has 0 aromatic carbocycles. The molecule has 19 heavy (non-hydrogen) atoms. The number of rotatable bonds is 5. The van der Waals surface area contributed by atoms with E-state index in [1.165, 1.54) is 6.42 Å². The highest BCUT2D eigenvalue weighted by Crippen LogP contribution is 2.40. The van der Waals surface area contributed by atoms with Crippen LogP contribution >= 0.6 is 0 Å². The van der Waals surface area contributed by atoms with E-state index in [1.807, 2.05) is 4.90 Å². The molecule has 2 unspecified atom stereocenters. The van der Waals surface area contributed by atoms with E-state index in [-0.39, 0.29) is 11.8 Å². The second kappa shape index (κ2) is 5.90. The number of hydrogen-bond acceptors (Lipinski definition) is 3. The van der Waals surface area contributed by atoms with Crippen LogP contribution in [0.15, 0.2) is 0 Å². The van der Waals surface area contributed by atoms with E-state index in [1.54, 1.807) is 0 Å². The van der Waals surface area contributed by atoms with Gasteiger partial charge in [0.2, 0.25) is 5.91 Å². The van der Waals surface area contributed by atoms with E-state index in [0.29, 0.717) is 12.3 Å². The van der Waals surface area contributed by atoms with Crippen LogP contribution in [0.2, 0.25) is 0 Å². The molecule has 0 aromatic heterocycles. The third-order valence-corrected chi connectivity index (χ3v) is 4.13. The predicted octanol–water partition coefficient (Wildman–Crippen LogP) is 0.897. The second-order valence-electron chi connectivity index (χ2n) is 6.14. The quantitative estimate of drug-likeness (QED) is 0.804. The molecule has 0 spiro atoms. The van der Waals surface area contributed by atoms with Crippen molar-refractivity contribution in [1.29, 1.82) is 0 Å². The highest BCUT2D eigenvalue weighted by Gasteiger charge is 2.49. The lowest BCUT2D eigenvalue weighted by molar-refractivity contribution is -0.142. The van der Waals surface area contributed by atoms with Crippen LogP contribution in [0.1, 0.15) is 26.7 Å². The van der Waals surface area contributed by atoms with Gasteiger partial charge in [-0.25, -0.2) is 0 Å². The summed E-state index contributed by atoms with van der Waals surface area (Å²) in [4.78, 5) is 27.1. The average molecular weight is 268 g/mol. The number of carboxylic acid groups (broad SMARTS) is 1. The van der Waals surface area contributed by atoms with E-state index < -0.39 is 11.9 Å². The van der Waals surface area contributed by atoms with Gasteiger partial charge >= 0.3 is 5.97 Å². The number of piperazine rings is 1. The minimum absolute atomic E-state index is 0.0518. The van der Waals surface area contributed by atoms with Crippen molar-refractivity contribution in [2.45, 2.75) is 26.7 Å². The molecule has 0 radical (unpaired) electrons. The summed E-state index contributed by atoms with van der Waals surface area (Å²) >= 11 is 0. The van der Waals surface area contributed by atoms with E-state index >= 15 is 0 Å². The maximum Gasteiger partial charge on any atom is 0.307 e. The predicted molar refractivity (Wildman–Crippen MR) is 71.7 cm³/mol. The number of aliphatic carboxylic acids is 1. The van der Waals surface area contributed by atoms with Crippen molar-refractivity contribution in [3.8, 4) is 0 Å². The molecule has 1 aliphatic carbocycles. The topological polar surface area (TPSA) is 60.9 Å². The number of nitrogens with zero attached hydrogens (tertiary/aromatic N) is 2. The lowest BCUT2D eigenvalue weighted by atomic mass is 10.1. The molecule has 1 aliphatic heterocycles. The lowest BCUT2D eigenvalue weighted by Crippen LogP contribution is -2.49. The Morgan fingerprint density at radius 1 is 1.16 bits per heavy atom. The first-order valence-electron chi connectivity index (χ1n) is 7.23. The second-order valence-corrected chi connectivity index (χ2v) is 6.14. The van der Waals surface area contributed by atoms with Crippen LogP contribution in [0.3, 0.4) is 0 Å². The first-order valence-corrected chi connectivity index (χ1v) is 7.23. The first-order chi connectivity index (χ1) is 8.99. The van der Waals surface area contributed by atoms with Gasteiger partial charge in [-0.3, -0.25) is 14.5 Å². The SMILES string of the molecule is CC(C)CCN1CCN(C(=O)C2CC2C(=O)O)CC1.